The van der Waals surface area contributed by atoms with Gasteiger partial charge in [0.1, 0.15) is 22.8 Å². The molecule has 0 atom stereocenters. The quantitative estimate of drug-likeness (QED) is 0.350. The first-order chi connectivity index (χ1) is 14.3. The Morgan fingerprint density at radius 3 is 2.34 bits per heavy atom. The maximum atomic E-state index is 6.09. The second kappa shape index (κ2) is 7.62. The summed E-state index contributed by atoms with van der Waals surface area (Å²) in [6.07, 6.45) is 3.23. The second-order valence-electron chi connectivity index (χ2n) is 6.48. The third kappa shape index (κ3) is 3.58. The Balaban J connectivity index is 1.55. The molecule has 5 aromatic rings. The molecule has 4 nitrogen and oxygen atoms in total. The Hall–Kier alpha value is -3.28. The predicted octanol–water partition coefficient (Wildman–Crippen LogP) is 6.82. The number of halogens is 1. The summed E-state index contributed by atoms with van der Waals surface area (Å²) in [6.45, 7) is 0. The topological polar surface area (TPSA) is 50.7 Å². The number of nitrogens with zero attached hydrogens (tertiary/aromatic N) is 3. The maximum Gasteiger partial charge on any atom is 0.144 e. The first-order valence-electron chi connectivity index (χ1n) is 9.04. The van der Waals surface area contributed by atoms with Crippen LogP contribution in [0.5, 0.6) is 0 Å². The molecule has 3 heterocycles. The zero-order valence-electron chi connectivity index (χ0n) is 15.2. The van der Waals surface area contributed by atoms with Crippen LogP contribution in [-0.2, 0) is 0 Å². The number of thiophene rings is 1. The van der Waals surface area contributed by atoms with Crippen molar-refractivity contribution in [2.24, 2.45) is 0 Å². The lowest BCUT2D eigenvalue weighted by Crippen LogP contribution is -1.97. The van der Waals surface area contributed by atoms with Crippen LogP contribution in [0.15, 0.2) is 84.6 Å². The number of anilines is 2. The van der Waals surface area contributed by atoms with Gasteiger partial charge in [-0.1, -0.05) is 66.2 Å². The molecule has 0 aliphatic carbocycles. The van der Waals surface area contributed by atoms with Crippen LogP contribution < -0.4 is 5.32 Å². The average molecular weight is 415 g/mol. The Kier molecular flexibility index (Phi) is 4.68. The number of hydrogen-bond acceptors (Lipinski definition) is 5. The molecule has 6 heteroatoms. The summed E-state index contributed by atoms with van der Waals surface area (Å²) in [5, 5.41) is 7.00. The Morgan fingerprint density at radius 1 is 0.793 bits per heavy atom. The smallest absolute Gasteiger partial charge is 0.144 e. The third-order valence-corrected chi connectivity index (χ3v) is 5.76. The summed E-state index contributed by atoms with van der Waals surface area (Å²) in [5.41, 5.74) is 4.60. The average Bonchev–Trinajstić information content (AvgIpc) is 3.20. The van der Waals surface area contributed by atoms with E-state index in [-0.39, 0.29) is 0 Å². The molecule has 140 valence electrons. The number of pyridine rings is 1. The fourth-order valence-corrected chi connectivity index (χ4v) is 4.33. The van der Waals surface area contributed by atoms with Gasteiger partial charge in [-0.05, 0) is 28.8 Å². The predicted molar refractivity (Wildman–Crippen MR) is 121 cm³/mol. The van der Waals surface area contributed by atoms with Crippen molar-refractivity contribution >= 4 is 44.8 Å². The lowest BCUT2D eigenvalue weighted by molar-refractivity contribution is 1.21. The number of rotatable bonds is 4. The van der Waals surface area contributed by atoms with Crippen molar-refractivity contribution in [3.63, 3.8) is 0 Å². The third-order valence-electron chi connectivity index (χ3n) is 4.64. The van der Waals surface area contributed by atoms with E-state index in [0.29, 0.717) is 16.7 Å². The number of hydrogen-bond donors (Lipinski definition) is 1. The van der Waals surface area contributed by atoms with Crippen LogP contribution in [0.4, 0.5) is 11.6 Å². The highest BCUT2D eigenvalue weighted by molar-refractivity contribution is 7.17. The monoisotopic (exact) mass is 414 g/mol. The molecule has 2 aromatic carbocycles. The minimum absolute atomic E-state index is 0.620. The van der Waals surface area contributed by atoms with Gasteiger partial charge in [0.2, 0.25) is 0 Å². The van der Waals surface area contributed by atoms with E-state index < -0.39 is 0 Å². The molecule has 1 N–H and O–H groups in total. The molecule has 0 amide bonds. The zero-order valence-corrected chi connectivity index (χ0v) is 16.8. The summed E-state index contributed by atoms with van der Waals surface area (Å²) in [5.74, 6) is 1.36. The molecule has 0 spiro atoms. The first kappa shape index (κ1) is 17.8. The highest BCUT2D eigenvalue weighted by Crippen LogP contribution is 2.38. The van der Waals surface area contributed by atoms with E-state index in [1.807, 2.05) is 6.07 Å². The van der Waals surface area contributed by atoms with Gasteiger partial charge >= 0.3 is 0 Å². The molecule has 0 aliphatic heterocycles. The van der Waals surface area contributed by atoms with Crippen LogP contribution in [0.3, 0.4) is 0 Å². The molecule has 0 saturated heterocycles. The summed E-state index contributed by atoms with van der Waals surface area (Å²) in [7, 11) is 0. The van der Waals surface area contributed by atoms with Gasteiger partial charge in [0.15, 0.2) is 0 Å². The SMILES string of the molecule is Clc1ccnc(Nc2ncnc3scc(-c4ccc(-c5ccccc5)cc4)c23)c1. The fourth-order valence-electron chi connectivity index (χ4n) is 3.25. The van der Waals surface area contributed by atoms with Crippen molar-refractivity contribution in [2.45, 2.75) is 0 Å². The van der Waals surface area contributed by atoms with E-state index in [9.17, 15) is 0 Å². The second-order valence-corrected chi connectivity index (χ2v) is 7.77. The summed E-state index contributed by atoms with van der Waals surface area (Å²) < 4.78 is 0. The molecule has 0 radical (unpaired) electrons. The van der Waals surface area contributed by atoms with Crippen molar-refractivity contribution in [3.05, 3.63) is 89.7 Å². The molecule has 0 fully saturated rings. The van der Waals surface area contributed by atoms with E-state index in [0.717, 1.165) is 21.3 Å². The van der Waals surface area contributed by atoms with E-state index in [4.69, 9.17) is 11.6 Å². The van der Waals surface area contributed by atoms with Crippen molar-refractivity contribution in [1.29, 1.82) is 0 Å². The largest absolute Gasteiger partial charge is 0.324 e. The molecule has 5 rings (SSSR count). The Morgan fingerprint density at radius 2 is 1.55 bits per heavy atom. The van der Waals surface area contributed by atoms with Crippen molar-refractivity contribution in [3.8, 4) is 22.3 Å². The van der Waals surface area contributed by atoms with Crippen LogP contribution >= 0.6 is 22.9 Å². The molecular formula is C23H15ClN4S. The molecule has 3 aromatic heterocycles. The van der Waals surface area contributed by atoms with Gasteiger partial charge < -0.3 is 5.32 Å². The van der Waals surface area contributed by atoms with Crippen LogP contribution in [-0.4, -0.2) is 15.0 Å². The first-order valence-corrected chi connectivity index (χ1v) is 10.3. The van der Waals surface area contributed by atoms with Gasteiger partial charge in [-0.2, -0.15) is 0 Å². The van der Waals surface area contributed by atoms with E-state index in [1.165, 1.54) is 11.1 Å². The van der Waals surface area contributed by atoms with Gasteiger partial charge in [-0.25, -0.2) is 15.0 Å². The Labute approximate surface area is 176 Å². The zero-order chi connectivity index (χ0) is 19.6. The summed E-state index contributed by atoms with van der Waals surface area (Å²) >= 11 is 7.69. The molecule has 0 bridgehead atoms. The molecule has 29 heavy (non-hydrogen) atoms. The van der Waals surface area contributed by atoms with Gasteiger partial charge in [-0.15, -0.1) is 11.3 Å². The highest BCUT2D eigenvalue weighted by atomic mass is 35.5. The lowest BCUT2D eigenvalue weighted by atomic mass is 10.0. The minimum Gasteiger partial charge on any atom is -0.324 e. The van der Waals surface area contributed by atoms with Gasteiger partial charge in [0.05, 0.1) is 5.39 Å². The number of benzene rings is 2. The van der Waals surface area contributed by atoms with Crippen LogP contribution in [0.2, 0.25) is 5.02 Å². The van der Waals surface area contributed by atoms with E-state index >= 15 is 0 Å². The summed E-state index contributed by atoms with van der Waals surface area (Å²) in [6, 6.07) is 22.4. The number of fused-ring (bicyclic) bond motifs is 1. The molecule has 0 aliphatic rings. The molecule has 0 unspecified atom stereocenters. The standard InChI is InChI=1S/C23H15ClN4S/c24-18-10-11-25-20(12-18)28-22-21-19(13-29-23(21)27-14-26-22)17-8-6-16(7-9-17)15-4-2-1-3-5-15/h1-14H,(H,25,26,27,28). The summed E-state index contributed by atoms with van der Waals surface area (Å²) in [4.78, 5) is 14.1. The fraction of sp³-hybridized carbons (Fsp3) is 0. The number of nitrogens with one attached hydrogen (secondary N) is 1. The van der Waals surface area contributed by atoms with Crippen LogP contribution in [0.1, 0.15) is 0 Å². The number of aromatic nitrogens is 3. The molecule has 0 saturated carbocycles. The van der Waals surface area contributed by atoms with Crippen LogP contribution in [0.25, 0.3) is 32.5 Å². The van der Waals surface area contributed by atoms with Gasteiger partial charge in [0, 0.05) is 22.2 Å². The van der Waals surface area contributed by atoms with Gasteiger partial charge in [0.25, 0.3) is 0 Å². The highest BCUT2D eigenvalue weighted by Gasteiger charge is 2.14. The normalized spacial score (nSPS) is 10.9. The van der Waals surface area contributed by atoms with Crippen LogP contribution in [0, 0.1) is 0 Å². The molecular weight excluding hydrogens is 400 g/mol. The minimum atomic E-state index is 0.620. The van der Waals surface area contributed by atoms with Crippen molar-refractivity contribution in [1.82, 2.24) is 15.0 Å². The van der Waals surface area contributed by atoms with Gasteiger partial charge in [-0.3, -0.25) is 0 Å². The van der Waals surface area contributed by atoms with Crippen molar-refractivity contribution in [2.75, 3.05) is 5.32 Å². The van der Waals surface area contributed by atoms with E-state index in [1.54, 1.807) is 36.0 Å². The lowest BCUT2D eigenvalue weighted by Gasteiger charge is -2.08. The Bertz CT molecular complexity index is 1280. The van der Waals surface area contributed by atoms with E-state index in [2.05, 4.69) is 74.2 Å². The maximum absolute atomic E-state index is 6.09. The van der Waals surface area contributed by atoms with Crippen molar-refractivity contribution < 1.29 is 0 Å².